The van der Waals surface area contributed by atoms with Crippen molar-refractivity contribution in [2.45, 2.75) is 19.4 Å². The lowest BCUT2D eigenvalue weighted by atomic mass is 10.1. The highest BCUT2D eigenvalue weighted by Gasteiger charge is 2.26. The van der Waals surface area contributed by atoms with Crippen LogP contribution in [0.15, 0.2) is 72.8 Å². The molecule has 42 heavy (non-hydrogen) atoms. The third-order valence-corrected chi connectivity index (χ3v) is 6.31. The van der Waals surface area contributed by atoms with E-state index >= 15 is 0 Å². The van der Waals surface area contributed by atoms with Crippen LogP contribution >= 0.6 is 0 Å². The summed E-state index contributed by atoms with van der Waals surface area (Å²) in [5.74, 6) is -10.6. The van der Waals surface area contributed by atoms with Crippen LogP contribution in [0.4, 0.5) is 22.0 Å². The molecule has 0 spiro atoms. The molecule has 5 aromatic rings. The molecule has 1 N–H and O–H groups in total. The van der Waals surface area contributed by atoms with Crippen LogP contribution in [0.25, 0.3) is 33.4 Å². The summed E-state index contributed by atoms with van der Waals surface area (Å²) in [4.78, 5) is 19.6. The molecule has 0 amide bonds. The Bertz CT molecular complexity index is 1750. The van der Waals surface area contributed by atoms with Gasteiger partial charge in [-0.15, -0.1) is 0 Å². The van der Waals surface area contributed by atoms with Crippen LogP contribution in [0.2, 0.25) is 0 Å². The van der Waals surface area contributed by atoms with Crippen LogP contribution in [0.3, 0.4) is 0 Å². The van der Waals surface area contributed by atoms with Crippen molar-refractivity contribution in [2.75, 3.05) is 6.61 Å². The van der Waals surface area contributed by atoms with Gasteiger partial charge in [0, 0.05) is 23.6 Å². The molecule has 0 unspecified atom stereocenters. The summed E-state index contributed by atoms with van der Waals surface area (Å²) >= 11 is 0. The average molecular weight is 581 g/mol. The molecule has 0 fully saturated rings. The number of benzene rings is 4. The average Bonchev–Trinajstić information content (AvgIpc) is 3.01. The summed E-state index contributed by atoms with van der Waals surface area (Å²) in [7, 11) is 0. The van der Waals surface area contributed by atoms with Crippen LogP contribution in [-0.2, 0) is 11.4 Å². The van der Waals surface area contributed by atoms with Crippen molar-refractivity contribution < 1.29 is 41.3 Å². The molecule has 0 saturated carbocycles. The molecule has 1 aromatic heterocycles. The molecular formula is C31H21F5N2O4. The van der Waals surface area contributed by atoms with E-state index in [0.717, 1.165) is 10.8 Å². The van der Waals surface area contributed by atoms with Crippen molar-refractivity contribution in [2.24, 2.45) is 0 Å². The Balaban J connectivity index is 1.46. The Morgan fingerprint density at radius 2 is 1.38 bits per heavy atom. The predicted octanol–water partition coefficient (Wildman–Crippen LogP) is 7.48. The highest BCUT2D eigenvalue weighted by Crippen LogP contribution is 2.30. The fourth-order valence-corrected chi connectivity index (χ4v) is 4.17. The minimum atomic E-state index is -2.25. The molecule has 0 atom stereocenters. The van der Waals surface area contributed by atoms with Crippen molar-refractivity contribution in [3.8, 4) is 34.3 Å². The van der Waals surface area contributed by atoms with Crippen molar-refractivity contribution in [3.63, 3.8) is 0 Å². The number of halogens is 5. The second kappa shape index (κ2) is 12.2. The van der Waals surface area contributed by atoms with Crippen molar-refractivity contribution in [1.82, 2.24) is 9.97 Å². The Hall–Kier alpha value is -5.06. The highest BCUT2D eigenvalue weighted by atomic mass is 19.2. The van der Waals surface area contributed by atoms with Gasteiger partial charge in [-0.2, -0.15) is 4.98 Å². The minimum Gasteiger partial charge on any atom is -0.494 e. The third-order valence-electron chi connectivity index (χ3n) is 6.31. The predicted molar refractivity (Wildman–Crippen MR) is 143 cm³/mol. The normalized spacial score (nSPS) is 11.1. The number of aliphatic carboxylic acids is 1. The van der Waals surface area contributed by atoms with Gasteiger partial charge in [-0.1, -0.05) is 48.5 Å². The van der Waals surface area contributed by atoms with E-state index < -0.39 is 47.2 Å². The van der Waals surface area contributed by atoms with Gasteiger partial charge in [0.15, 0.2) is 29.1 Å². The maximum atomic E-state index is 14.2. The van der Waals surface area contributed by atoms with Gasteiger partial charge in [0.05, 0.1) is 17.9 Å². The molecule has 0 aliphatic heterocycles. The zero-order valence-electron chi connectivity index (χ0n) is 21.7. The van der Waals surface area contributed by atoms with E-state index in [0.29, 0.717) is 29.0 Å². The Labute approximate surface area is 236 Å². The molecule has 1 heterocycles. The van der Waals surface area contributed by atoms with E-state index in [1.54, 1.807) is 48.5 Å². The largest absolute Gasteiger partial charge is 0.494 e. The highest BCUT2D eigenvalue weighted by molar-refractivity contribution is 5.87. The number of rotatable bonds is 10. The zero-order valence-corrected chi connectivity index (χ0v) is 21.7. The van der Waals surface area contributed by atoms with Crippen LogP contribution in [0.5, 0.6) is 11.6 Å². The fourth-order valence-electron chi connectivity index (χ4n) is 4.17. The summed E-state index contributed by atoms with van der Waals surface area (Å²) in [5, 5.41) is 10.4. The Morgan fingerprint density at radius 1 is 0.714 bits per heavy atom. The van der Waals surface area contributed by atoms with Gasteiger partial charge in [0.2, 0.25) is 11.7 Å². The van der Waals surface area contributed by atoms with Crippen molar-refractivity contribution in [3.05, 3.63) is 107 Å². The standard InChI is InChI=1S/C31H21F5N2O4/c32-26-22(27(33)29(35)30(36)28(26)34)16-42-24-15-23(17-5-2-1-3-6-17)37-31(38-24)20-9-8-19-14-21(11-10-18(19)13-20)41-12-4-7-25(39)40/h1-3,5-6,8-11,13-15H,4,7,12,16H2,(H,39,40). The third kappa shape index (κ3) is 6.14. The van der Waals surface area contributed by atoms with Crippen LogP contribution in [0, 0.1) is 29.1 Å². The first kappa shape index (κ1) is 28.5. The molecule has 5 rings (SSSR count). The summed E-state index contributed by atoms with van der Waals surface area (Å²) in [6, 6.07) is 21.0. The number of aromatic nitrogens is 2. The number of fused-ring (bicyclic) bond motifs is 1. The quantitative estimate of drug-likeness (QED) is 0.0799. The molecule has 0 radical (unpaired) electrons. The lowest BCUT2D eigenvalue weighted by molar-refractivity contribution is -0.137. The van der Waals surface area contributed by atoms with Gasteiger partial charge < -0.3 is 14.6 Å². The van der Waals surface area contributed by atoms with Gasteiger partial charge in [-0.3, -0.25) is 4.79 Å². The van der Waals surface area contributed by atoms with E-state index in [4.69, 9.17) is 14.6 Å². The summed E-state index contributed by atoms with van der Waals surface area (Å²) in [6.07, 6.45) is 0.377. The summed E-state index contributed by atoms with van der Waals surface area (Å²) in [6.45, 7) is -0.715. The molecule has 0 aliphatic carbocycles. The van der Waals surface area contributed by atoms with E-state index in [-0.39, 0.29) is 24.7 Å². The van der Waals surface area contributed by atoms with Crippen molar-refractivity contribution in [1.29, 1.82) is 0 Å². The molecule has 0 aliphatic rings. The second-order valence-corrected chi connectivity index (χ2v) is 9.19. The summed E-state index contributed by atoms with van der Waals surface area (Å²) in [5.41, 5.74) is 0.516. The minimum absolute atomic E-state index is 0.00619. The smallest absolute Gasteiger partial charge is 0.303 e. The molecule has 0 bridgehead atoms. The first-order valence-electron chi connectivity index (χ1n) is 12.7. The lowest BCUT2D eigenvalue weighted by Gasteiger charge is -2.12. The monoisotopic (exact) mass is 580 g/mol. The maximum Gasteiger partial charge on any atom is 0.303 e. The number of carboxylic acids is 1. The lowest BCUT2D eigenvalue weighted by Crippen LogP contribution is -2.10. The van der Waals surface area contributed by atoms with Crippen LogP contribution in [-0.4, -0.2) is 27.7 Å². The van der Waals surface area contributed by atoms with Crippen molar-refractivity contribution >= 4 is 16.7 Å². The van der Waals surface area contributed by atoms with Gasteiger partial charge in [0.1, 0.15) is 12.4 Å². The van der Waals surface area contributed by atoms with Crippen LogP contribution in [0.1, 0.15) is 18.4 Å². The SMILES string of the molecule is O=C(O)CCCOc1ccc2cc(-c3nc(OCc4c(F)c(F)c(F)c(F)c4F)cc(-c4ccccc4)n3)ccc2c1. The van der Waals surface area contributed by atoms with E-state index in [1.807, 2.05) is 18.2 Å². The van der Waals surface area contributed by atoms with Gasteiger partial charge >= 0.3 is 5.97 Å². The topological polar surface area (TPSA) is 81.5 Å². The van der Waals surface area contributed by atoms with E-state index in [1.165, 1.54) is 6.07 Å². The maximum absolute atomic E-state index is 14.2. The Morgan fingerprint density at radius 3 is 2.10 bits per heavy atom. The first-order valence-corrected chi connectivity index (χ1v) is 12.7. The van der Waals surface area contributed by atoms with Gasteiger partial charge in [-0.05, 0) is 35.4 Å². The van der Waals surface area contributed by atoms with Gasteiger partial charge in [-0.25, -0.2) is 26.9 Å². The fraction of sp³-hybridized carbons (Fsp3) is 0.129. The number of carbonyl (C=O) groups is 1. The number of hydrogen-bond donors (Lipinski definition) is 1. The summed E-state index contributed by atoms with van der Waals surface area (Å²) < 4.78 is 80.4. The van der Waals surface area contributed by atoms with Gasteiger partial charge in [0.25, 0.3) is 0 Å². The molecule has 214 valence electrons. The Kier molecular flexibility index (Phi) is 8.28. The number of ether oxygens (including phenoxy) is 2. The molecular weight excluding hydrogens is 559 g/mol. The second-order valence-electron chi connectivity index (χ2n) is 9.19. The number of nitrogens with zero attached hydrogens (tertiary/aromatic N) is 2. The molecule has 0 saturated heterocycles. The number of hydrogen-bond acceptors (Lipinski definition) is 5. The van der Waals surface area contributed by atoms with Crippen LogP contribution < -0.4 is 9.47 Å². The molecule has 6 nitrogen and oxygen atoms in total. The molecule has 11 heteroatoms. The van der Waals surface area contributed by atoms with E-state index in [9.17, 15) is 26.7 Å². The van der Waals surface area contributed by atoms with E-state index in [2.05, 4.69) is 9.97 Å². The zero-order chi connectivity index (χ0) is 29.8. The first-order chi connectivity index (χ1) is 20.2. The number of carboxylic acid groups (broad SMARTS) is 1. The molecule has 4 aromatic carbocycles.